The summed E-state index contributed by atoms with van der Waals surface area (Å²) in [6.07, 6.45) is -6.84. The lowest BCUT2D eigenvalue weighted by atomic mass is 10.0. The number of esters is 1. The van der Waals surface area contributed by atoms with Crippen LogP contribution in [0.2, 0.25) is 0 Å². The number of nitro benzene ring substituents is 1. The summed E-state index contributed by atoms with van der Waals surface area (Å²) in [6, 6.07) is 22.8. The maximum absolute atomic E-state index is 14.7. The van der Waals surface area contributed by atoms with Gasteiger partial charge in [0.1, 0.15) is 24.9 Å². The van der Waals surface area contributed by atoms with Gasteiger partial charge in [0.15, 0.2) is 6.17 Å². The number of non-ortho nitro benzene ring substituents is 1. The topological polar surface area (TPSA) is 128 Å². The number of alkyl halides is 1. The molecule has 0 aromatic heterocycles. The second kappa shape index (κ2) is 14.1. The van der Waals surface area contributed by atoms with E-state index in [0.717, 1.165) is 23.3 Å². The number of hydrogen-bond donors (Lipinski definition) is 2. The Kier molecular flexibility index (Phi) is 10.7. The molecule has 3 aromatic rings. The molecule has 2 N–H and O–H groups in total. The number of nitro groups is 1. The molecule has 37 heavy (non-hydrogen) atoms. The maximum Gasteiger partial charge on any atom is 0.338 e. The number of halogens is 1. The molecule has 0 unspecified atom stereocenters. The van der Waals surface area contributed by atoms with Gasteiger partial charge in [0.2, 0.25) is 0 Å². The van der Waals surface area contributed by atoms with Gasteiger partial charge in [-0.2, -0.15) is 0 Å². The van der Waals surface area contributed by atoms with E-state index in [-0.39, 0.29) is 24.5 Å². The predicted octanol–water partition coefficient (Wildman–Crippen LogP) is 3.61. The van der Waals surface area contributed by atoms with Crippen LogP contribution in [-0.2, 0) is 27.4 Å². The molecule has 0 amide bonds. The first-order chi connectivity index (χ1) is 17.8. The second-order valence-electron chi connectivity index (χ2n) is 8.24. The number of benzene rings is 3. The Morgan fingerprint density at radius 3 is 1.97 bits per heavy atom. The van der Waals surface area contributed by atoms with E-state index in [4.69, 9.17) is 14.2 Å². The SMILES string of the molecule is O=C(OC[C@@H](OCc1ccccc1)[C@@H](O)[C@H](O)[C@H](F)COCc1ccccc1)c1ccc([N+](=O)[O-])cc1. The zero-order chi connectivity index (χ0) is 26.6. The van der Waals surface area contributed by atoms with Crippen molar-refractivity contribution in [3.63, 3.8) is 0 Å². The van der Waals surface area contributed by atoms with Crippen LogP contribution in [0.1, 0.15) is 21.5 Å². The highest BCUT2D eigenvalue weighted by Crippen LogP contribution is 2.17. The number of hydrogen-bond acceptors (Lipinski definition) is 8. The number of ether oxygens (including phenoxy) is 3. The van der Waals surface area contributed by atoms with Gasteiger partial charge in [-0.3, -0.25) is 10.1 Å². The molecule has 0 saturated carbocycles. The fourth-order valence-corrected chi connectivity index (χ4v) is 3.38. The van der Waals surface area contributed by atoms with E-state index < -0.39 is 48.6 Å². The van der Waals surface area contributed by atoms with Gasteiger partial charge in [0, 0.05) is 12.1 Å². The summed E-state index contributed by atoms with van der Waals surface area (Å²) >= 11 is 0. The van der Waals surface area contributed by atoms with Crippen LogP contribution in [0.3, 0.4) is 0 Å². The molecule has 3 aromatic carbocycles. The molecule has 0 saturated heterocycles. The lowest BCUT2D eigenvalue weighted by Gasteiger charge is -2.28. The molecule has 9 nitrogen and oxygen atoms in total. The molecular weight excluding hydrogens is 485 g/mol. The molecule has 0 fully saturated rings. The van der Waals surface area contributed by atoms with Crippen LogP contribution in [0.15, 0.2) is 84.9 Å². The molecule has 0 heterocycles. The first-order valence-corrected chi connectivity index (χ1v) is 11.5. The van der Waals surface area contributed by atoms with Crippen LogP contribution >= 0.6 is 0 Å². The highest BCUT2D eigenvalue weighted by molar-refractivity contribution is 5.89. The first-order valence-electron chi connectivity index (χ1n) is 11.5. The quantitative estimate of drug-likeness (QED) is 0.190. The molecule has 0 aliphatic rings. The zero-order valence-electron chi connectivity index (χ0n) is 19.9. The smallest absolute Gasteiger partial charge is 0.338 e. The average molecular weight is 514 g/mol. The Bertz CT molecular complexity index is 1110. The Morgan fingerprint density at radius 1 is 0.838 bits per heavy atom. The van der Waals surface area contributed by atoms with Gasteiger partial charge in [-0.15, -0.1) is 0 Å². The first kappa shape index (κ1) is 27.9. The third-order valence-corrected chi connectivity index (χ3v) is 5.49. The number of nitrogens with zero attached hydrogens (tertiary/aromatic N) is 1. The standard InChI is InChI=1S/C27H28FNO8/c28-23(17-35-15-19-7-3-1-4-8-19)25(30)26(31)24(36-16-20-9-5-2-6-10-20)18-37-27(32)21-11-13-22(14-12-21)29(33)34/h1-14,23-26,30-31H,15-18H2/t23-,24-,25-,26-/m1/s1. The minimum atomic E-state index is -1.94. The summed E-state index contributed by atoms with van der Waals surface area (Å²) < 4.78 is 30.9. The van der Waals surface area contributed by atoms with Gasteiger partial charge in [0.25, 0.3) is 5.69 Å². The molecule has 3 rings (SSSR count). The number of rotatable bonds is 14. The van der Waals surface area contributed by atoms with Gasteiger partial charge < -0.3 is 24.4 Å². The number of carbonyl (C=O) groups is 1. The van der Waals surface area contributed by atoms with Crippen molar-refractivity contribution in [2.24, 2.45) is 0 Å². The monoisotopic (exact) mass is 513 g/mol. The number of aliphatic hydroxyl groups is 2. The third-order valence-electron chi connectivity index (χ3n) is 5.49. The number of aliphatic hydroxyl groups excluding tert-OH is 2. The highest BCUT2D eigenvalue weighted by atomic mass is 19.1. The summed E-state index contributed by atoms with van der Waals surface area (Å²) in [7, 11) is 0. The van der Waals surface area contributed by atoms with Crippen LogP contribution in [0.25, 0.3) is 0 Å². The largest absolute Gasteiger partial charge is 0.459 e. The van der Waals surface area contributed by atoms with Crippen LogP contribution in [-0.4, -0.2) is 58.8 Å². The molecule has 4 atom stereocenters. The molecule has 0 aliphatic carbocycles. The normalized spacial score (nSPS) is 14.4. The summed E-state index contributed by atoms with van der Waals surface area (Å²) in [5.41, 5.74) is 1.42. The van der Waals surface area contributed by atoms with Gasteiger partial charge in [0.05, 0.1) is 30.3 Å². The van der Waals surface area contributed by atoms with Crippen molar-refractivity contribution < 1.29 is 38.5 Å². The van der Waals surface area contributed by atoms with E-state index >= 15 is 0 Å². The summed E-state index contributed by atoms with van der Waals surface area (Å²) in [5.74, 6) is -0.826. The van der Waals surface area contributed by atoms with Gasteiger partial charge in [-0.25, -0.2) is 9.18 Å². The zero-order valence-corrected chi connectivity index (χ0v) is 19.9. The Labute approximate surface area is 213 Å². The van der Waals surface area contributed by atoms with E-state index in [2.05, 4.69) is 0 Å². The summed E-state index contributed by atoms with van der Waals surface area (Å²) in [6.45, 7) is -0.837. The maximum atomic E-state index is 14.7. The van der Waals surface area contributed by atoms with Crippen molar-refractivity contribution in [3.05, 3.63) is 112 Å². The molecule has 0 radical (unpaired) electrons. The molecule has 0 aliphatic heterocycles. The van der Waals surface area contributed by atoms with Crippen molar-refractivity contribution in [1.82, 2.24) is 0 Å². The van der Waals surface area contributed by atoms with Crippen molar-refractivity contribution in [1.29, 1.82) is 0 Å². The molecule has 0 spiro atoms. The second-order valence-corrected chi connectivity index (χ2v) is 8.24. The Hall–Kier alpha value is -3.70. The number of carbonyl (C=O) groups excluding carboxylic acids is 1. The molecular formula is C27H28FNO8. The van der Waals surface area contributed by atoms with Crippen LogP contribution in [0.4, 0.5) is 10.1 Å². The Balaban J connectivity index is 1.60. The molecule has 196 valence electrons. The van der Waals surface area contributed by atoms with E-state index in [1.165, 1.54) is 12.1 Å². The average Bonchev–Trinajstić information content (AvgIpc) is 2.93. The van der Waals surface area contributed by atoms with Crippen molar-refractivity contribution in [2.75, 3.05) is 13.2 Å². The van der Waals surface area contributed by atoms with Crippen LogP contribution in [0, 0.1) is 10.1 Å². The van der Waals surface area contributed by atoms with Crippen molar-refractivity contribution >= 4 is 11.7 Å². The van der Waals surface area contributed by atoms with Crippen molar-refractivity contribution in [2.45, 2.75) is 37.7 Å². The molecule has 10 heteroatoms. The third kappa shape index (κ3) is 8.72. The minimum Gasteiger partial charge on any atom is -0.459 e. The minimum absolute atomic E-state index is 0.00578. The summed E-state index contributed by atoms with van der Waals surface area (Å²) in [5, 5.41) is 31.9. The van der Waals surface area contributed by atoms with Gasteiger partial charge in [-0.05, 0) is 23.3 Å². The van der Waals surface area contributed by atoms with Gasteiger partial charge >= 0.3 is 5.97 Å². The van der Waals surface area contributed by atoms with Gasteiger partial charge in [-0.1, -0.05) is 60.7 Å². The van der Waals surface area contributed by atoms with Crippen LogP contribution in [0.5, 0.6) is 0 Å². The fourth-order valence-electron chi connectivity index (χ4n) is 3.38. The van der Waals surface area contributed by atoms with Crippen molar-refractivity contribution in [3.8, 4) is 0 Å². The molecule has 0 bridgehead atoms. The van der Waals surface area contributed by atoms with E-state index in [9.17, 15) is 29.5 Å². The van der Waals surface area contributed by atoms with E-state index in [1.54, 1.807) is 24.3 Å². The lowest BCUT2D eigenvalue weighted by molar-refractivity contribution is -0.384. The Morgan fingerprint density at radius 2 is 1.41 bits per heavy atom. The lowest BCUT2D eigenvalue weighted by Crippen LogP contribution is -2.47. The van der Waals surface area contributed by atoms with E-state index in [0.29, 0.717) is 0 Å². The van der Waals surface area contributed by atoms with Crippen LogP contribution < -0.4 is 0 Å². The van der Waals surface area contributed by atoms with E-state index in [1.807, 2.05) is 36.4 Å². The summed E-state index contributed by atoms with van der Waals surface area (Å²) in [4.78, 5) is 22.6. The predicted molar refractivity (Wildman–Crippen MR) is 131 cm³/mol. The fraction of sp³-hybridized carbons (Fsp3) is 0.296. The highest BCUT2D eigenvalue weighted by Gasteiger charge is 2.34.